The van der Waals surface area contributed by atoms with Crippen LogP contribution in [0, 0.1) is 6.92 Å². The standard InChI is InChI=1S/C21H22N4O3S/c1-15-22-10-12-24(15)20-6-4-3-5-18(20)14-23-29(27,28)19-7-8-21-17(13-19)9-11-25(21)16(2)26/h3-8,10,12-13,23H,9,11,14H2,1-2H3. The van der Waals surface area contributed by atoms with Crippen molar-refractivity contribution in [3.63, 3.8) is 0 Å². The first-order chi connectivity index (χ1) is 13.9. The molecular weight excluding hydrogens is 388 g/mol. The molecule has 0 atom stereocenters. The Morgan fingerprint density at radius 2 is 1.97 bits per heavy atom. The molecule has 7 nitrogen and oxygen atoms in total. The Kier molecular flexibility index (Phi) is 4.97. The van der Waals surface area contributed by atoms with Crippen LogP contribution in [0.3, 0.4) is 0 Å². The normalized spacial score (nSPS) is 13.5. The van der Waals surface area contributed by atoms with Crippen LogP contribution in [0.15, 0.2) is 59.8 Å². The van der Waals surface area contributed by atoms with Crippen LogP contribution < -0.4 is 9.62 Å². The maximum Gasteiger partial charge on any atom is 0.240 e. The van der Waals surface area contributed by atoms with E-state index in [2.05, 4.69) is 9.71 Å². The fraction of sp³-hybridized carbons (Fsp3) is 0.238. The highest BCUT2D eigenvalue weighted by Crippen LogP contribution is 2.30. The van der Waals surface area contributed by atoms with Crippen molar-refractivity contribution in [1.82, 2.24) is 14.3 Å². The molecule has 150 valence electrons. The van der Waals surface area contributed by atoms with E-state index >= 15 is 0 Å². The number of benzene rings is 2. The molecule has 4 rings (SSSR count). The molecule has 1 N–H and O–H groups in total. The predicted molar refractivity (Wildman–Crippen MR) is 110 cm³/mol. The maximum atomic E-state index is 12.9. The smallest absolute Gasteiger partial charge is 0.240 e. The fourth-order valence-electron chi connectivity index (χ4n) is 3.66. The Morgan fingerprint density at radius 3 is 2.69 bits per heavy atom. The van der Waals surface area contributed by atoms with Crippen LogP contribution in [0.25, 0.3) is 5.69 Å². The molecule has 29 heavy (non-hydrogen) atoms. The second-order valence-electron chi connectivity index (χ2n) is 7.01. The van der Waals surface area contributed by atoms with Crippen molar-refractivity contribution in [3.8, 4) is 5.69 Å². The van der Waals surface area contributed by atoms with Gasteiger partial charge in [-0.1, -0.05) is 18.2 Å². The van der Waals surface area contributed by atoms with Crippen LogP contribution in [0.4, 0.5) is 5.69 Å². The molecule has 0 spiro atoms. The van der Waals surface area contributed by atoms with Crippen LogP contribution in [-0.2, 0) is 27.8 Å². The number of nitrogens with one attached hydrogen (secondary N) is 1. The van der Waals surface area contributed by atoms with Crippen molar-refractivity contribution in [2.75, 3.05) is 11.4 Å². The van der Waals surface area contributed by atoms with E-state index in [0.29, 0.717) is 13.0 Å². The summed E-state index contributed by atoms with van der Waals surface area (Å²) < 4.78 is 30.4. The van der Waals surface area contributed by atoms with Crippen LogP contribution in [0.1, 0.15) is 23.9 Å². The number of para-hydroxylation sites is 1. The Labute approximate surface area is 170 Å². The van der Waals surface area contributed by atoms with E-state index < -0.39 is 10.0 Å². The zero-order valence-electron chi connectivity index (χ0n) is 16.3. The van der Waals surface area contributed by atoms with Crippen molar-refractivity contribution >= 4 is 21.6 Å². The molecule has 0 fully saturated rings. The summed E-state index contributed by atoms with van der Waals surface area (Å²) in [5.41, 5.74) is 3.40. The average molecular weight is 410 g/mol. The second-order valence-corrected chi connectivity index (χ2v) is 8.78. The number of rotatable bonds is 5. The van der Waals surface area contributed by atoms with Crippen LogP contribution in [-0.4, -0.2) is 30.4 Å². The van der Waals surface area contributed by atoms with Gasteiger partial charge in [0.2, 0.25) is 15.9 Å². The van der Waals surface area contributed by atoms with E-state index in [-0.39, 0.29) is 17.3 Å². The lowest BCUT2D eigenvalue weighted by Crippen LogP contribution is -2.26. The first-order valence-corrected chi connectivity index (χ1v) is 10.8. The molecule has 0 saturated heterocycles. The van der Waals surface area contributed by atoms with Gasteiger partial charge >= 0.3 is 0 Å². The lowest BCUT2D eigenvalue weighted by molar-refractivity contribution is -0.116. The van der Waals surface area contributed by atoms with Gasteiger partial charge in [0.05, 0.1) is 10.6 Å². The van der Waals surface area contributed by atoms with Gasteiger partial charge in [-0.05, 0) is 48.7 Å². The number of nitrogens with zero attached hydrogens (tertiary/aromatic N) is 3. The van der Waals surface area contributed by atoms with Crippen molar-refractivity contribution < 1.29 is 13.2 Å². The van der Waals surface area contributed by atoms with Crippen LogP contribution in [0.2, 0.25) is 0 Å². The second kappa shape index (κ2) is 7.46. The van der Waals surface area contributed by atoms with Gasteiger partial charge in [-0.2, -0.15) is 0 Å². The van der Waals surface area contributed by atoms with Crippen LogP contribution in [0.5, 0.6) is 0 Å². The molecule has 0 saturated carbocycles. The fourth-order valence-corrected chi connectivity index (χ4v) is 4.71. The molecule has 1 aliphatic rings. The van der Waals surface area contributed by atoms with Gasteiger partial charge in [-0.3, -0.25) is 4.79 Å². The summed E-state index contributed by atoms with van der Waals surface area (Å²) in [7, 11) is -3.69. The maximum absolute atomic E-state index is 12.9. The minimum absolute atomic E-state index is 0.0381. The minimum atomic E-state index is -3.69. The zero-order chi connectivity index (χ0) is 20.6. The lowest BCUT2D eigenvalue weighted by atomic mass is 10.2. The molecule has 2 heterocycles. The van der Waals surface area contributed by atoms with Gasteiger partial charge in [0.25, 0.3) is 0 Å². The number of sulfonamides is 1. The van der Waals surface area contributed by atoms with Gasteiger partial charge in [-0.25, -0.2) is 18.1 Å². The van der Waals surface area contributed by atoms with Crippen LogP contribution >= 0.6 is 0 Å². The number of imidazole rings is 1. The first kappa shape index (κ1) is 19.4. The highest BCUT2D eigenvalue weighted by atomic mass is 32.2. The molecular formula is C21H22N4O3S. The monoisotopic (exact) mass is 410 g/mol. The summed E-state index contributed by atoms with van der Waals surface area (Å²) >= 11 is 0. The Hall–Kier alpha value is -2.97. The molecule has 1 aliphatic heterocycles. The summed E-state index contributed by atoms with van der Waals surface area (Å²) in [6, 6.07) is 12.5. The van der Waals surface area contributed by atoms with Gasteiger partial charge in [0.15, 0.2) is 0 Å². The Morgan fingerprint density at radius 1 is 1.17 bits per heavy atom. The summed E-state index contributed by atoms with van der Waals surface area (Å²) in [4.78, 5) is 17.8. The van der Waals surface area contributed by atoms with Crippen molar-refractivity contribution in [3.05, 3.63) is 71.8 Å². The molecule has 0 unspecified atom stereocenters. The number of amides is 1. The Balaban J connectivity index is 1.57. The summed E-state index contributed by atoms with van der Waals surface area (Å²) in [6.45, 7) is 4.16. The van der Waals surface area contributed by atoms with Crippen molar-refractivity contribution in [2.24, 2.45) is 0 Å². The number of fused-ring (bicyclic) bond motifs is 1. The summed E-state index contributed by atoms with van der Waals surface area (Å²) in [5.74, 6) is 0.790. The quantitative estimate of drug-likeness (QED) is 0.701. The third-order valence-electron chi connectivity index (χ3n) is 5.17. The van der Waals surface area contributed by atoms with Gasteiger partial charge < -0.3 is 9.47 Å². The molecule has 0 bridgehead atoms. The lowest BCUT2D eigenvalue weighted by Gasteiger charge is -2.15. The number of anilines is 1. The molecule has 0 radical (unpaired) electrons. The van der Waals surface area contributed by atoms with Crippen molar-refractivity contribution in [1.29, 1.82) is 0 Å². The molecule has 8 heteroatoms. The Bertz CT molecular complexity index is 1180. The number of aromatic nitrogens is 2. The van der Waals surface area contributed by atoms with E-state index in [1.54, 1.807) is 29.3 Å². The zero-order valence-corrected chi connectivity index (χ0v) is 17.1. The largest absolute Gasteiger partial charge is 0.312 e. The van der Waals surface area contributed by atoms with E-state index in [9.17, 15) is 13.2 Å². The van der Waals surface area contributed by atoms with Crippen molar-refractivity contribution in [2.45, 2.75) is 31.7 Å². The van der Waals surface area contributed by atoms with E-state index in [1.807, 2.05) is 42.0 Å². The molecule has 1 amide bonds. The highest BCUT2D eigenvalue weighted by molar-refractivity contribution is 7.89. The van der Waals surface area contributed by atoms with E-state index in [4.69, 9.17) is 0 Å². The number of carbonyl (C=O) groups excluding carboxylic acids is 1. The number of hydrogen-bond donors (Lipinski definition) is 1. The highest BCUT2D eigenvalue weighted by Gasteiger charge is 2.24. The number of carbonyl (C=O) groups is 1. The summed E-state index contributed by atoms with van der Waals surface area (Å²) in [5, 5.41) is 0. The first-order valence-electron chi connectivity index (χ1n) is 9.36. The van der Waals surface area contributed by atoms with Gasteiger partial charge in [0.1, 0.15) is 5.82 Å². The molecule has 0 aliphatic carbocycles. The van der Waals surface area contributed by atoms with E-state index in [1.165, 1.54) is 6.92 Å². The van der Waals surface area contributed by atoms with E-state index in [0.717, 1.165) is 28.3 Å². The third-order valence-corrected chi connectivity index (χ3v) is 6.57. The van der Waals surface area contributed by atoms with Gasteiger partial charge in [-0.15, -0.1) is 0 Å². The SMILES string of the molecule is CC(=O)N1CCc2cc(S(=O)(=O)NCc3ccccc3-n3ccnc3C)ccc21. The molecule has 1 aromatic heterocycles. The molecule has 3 aromatic rings. The third kappa shape index (κ3) is 3.68. The minimum Gasteiger partial charge on any atom is -0.312 e. The summed E-state index contributed by atoms with van der Waals surface area (Å²) in [6.07, 6.45) is 4.22. The predicted octanol–water partition coefficient (Wildman–Crippen LogP) is 2.57. The number of hydrogen-bond acceptors (Lipinski definition) is 4. The topological polar surface area (TPSA) is 84.3 Å². The molecule has 2 aromatic carbocycles. The van der Waals surface area contributed by atoms with Gasteiger partial charge in [0, 0.05) is 38.1 Å². The number of aryl methyl sites for hydroxylation is 1. The average Bonchev–Trinajstić information content (AvgIpc) is 3.32.